The number of hydrogen-bond donors (Lipinski definition) is 4. The molecule has 3 aliphatic heterocycles. The average molecular weight is 654 g/mol. The molecule has 16 nitrogen and oxygen atoms in total. The quantitative estimate of drug-likeness (QED) is 0.140. The van der Waals surface area contributed by atoms with E-state index in [-0.39, 0.29) is 36.5 Å². The number of phosphoric ester groups is 1. The van der Waals surface area contributed by atoms with E-state index in [4.69, 9.17) is 29.2 Å². The maximum atomic E-state index is 13.7. The Balaban J connectivity index is 1.18. The van der Waals surface area contributed by atoms with Crippen LogP contribution >= 0.6 is 7.82 Å². The number of cyclic esters (lactones) is 1. The van der Waals surface area contributed by atoms with Crippen LogP contribution in [-0.4, -0.2) is 65.1 Å². The molecule has 1 fully saturated rings. The fourth-order valence-electron chi connectivity index (χ4n) is 6.17. The van der Waals surface area contributed by atoms with Gasteiger partial charge in [-0.3, -0.25) is 18.4 Å². The lowest BCUT2D eigenvalue weighted by Crippen LogP contribution is -2.46. The van der Waals surface area contributed by atoms with Gasteiger partial charge in [0.15, 0.2) is 6.23 Å². The van der Waals surface area contributed by atoms with E-state index in [0.717, 1.165) is 15.5 Å². The van der Waals surface area contributed by atoms with Crippen LogP contribution in [0.5, 0.6) is 0 Å². The van der Waals surface area contributed by atoms with Gasteiger partial charge in [0, 0.05) is 22.7 Å². The normalized spacial score (nSPS) is 26.3. The Morgan fingerprint density at radius 3 is 2.67 bits per heavy atom. The van der Waals surface area contributed by atoms with Crippen molar-refractivity contribution in [3.8, 4) is 11.4 Å². The first-order chi connectivity index (χ1) is 21.9. The molecule has 4 aromatic rings. The highest BCUT2D eigenvalue weighted by Crippen LogP contribution is 2.54. The number of carbonyl (C=O) groups excluding carboxylic acids is 1. The smallest absolute Gasteiger partial charge is 0.458 e. The number of benzene rings is 1. The molecule has 3 aromatic heterocycles. The lowest BCUT2D eigenvalue weighted by atomic mass is 9.86. The number of esters is 1. The van der Waals surface area contributed by atoms with Crippen LogP contribution in [0.25, 0.3) is 22.3 Å². The number of aliphatic hydroxyl groups excluding tert-OH is 2. The third-order valence-corrected chi connectivity index (χ3v) is 9.54. The van der Waals surface area contributed by atoms with E-state index in [1.807, 2.05) is 30.3 Å². The topological polar surface area (TPSA) is 228 Å². The number of nitrogen functional groups attached to an aromatic ring is 1. The van der Waals surface area contributed by atoms with Crippen LogP contribution in [0.1, 0.15) is 36.3 Å². The molecule has 1 saturated heterocycles. The van der Waals surface area contributed by atoms with E-state index in [1.54, 1.807) is 6.07 Å². The zero-order valence-electron chi connectivity index (χ0n) is 24.2. The second-order valence-electron chi connectivity index (χ2n) is 11.2. The first kappa shape index (κ1) is 30.4. The summed E-state index contributed by atoms with van der Waals surface area (Å²) in [5, 5.41) is 21.9. The molecule has 0 bridgehead atoms. The first-order valence-electron chi connectivity index (χ1n) is 14.3. The Kier molecular flexibility index (Phi) is 7.21. The lowest BCUT2D eigenvalue weighted by Gasteiger charge is -2.36. The monoisotopic (exact) mass is 653 g/mol. The third kappa shape index (κ3) is 4.77. The largest absolute Gasteiger partial charge is 0.473 e. The molecule has 0 amide bonds. The number of nitrogens with two attached hydrogens (primary N) is 1. The van der Waals surface area contributed by atoms with E-state index < -0.39 is 61.8 Å². The molecule has 0 aliphatic carbocycles. The van der Waals surface area contributed by atoms with Gasteiger partial charge in [0.05, 0.1) is 35.6 Å². The number of anilines is 1. The van der Waals surface area contributed by atoms with Gasteiger partial charge in [-0.2, -0.15) is 4.98 Å². The number of pyridine rings is 2. The van der Waals surface area contributed by atoms with E-state index in [9.17, 15) is 34.1 Å². The zero-order valence-corrected chi connectivity index (χ0v) is 25.1. The van der Waals surface area contributed by atoms with Crippen LogP contribution in [0.15, 0.2) is 58.3 Å². The Morgan fingerprint density at radius 1 is 1.13 bits per heavy atom. The van der Waals surface area contributed by atoms with Gasteiger partial charge in [0.25, 0.3) is 5.56 Å². The summed E-state index contributed by atoms with van der Waals surface area (Å²) in [6.07, 6.45) is -5.11. The zero-order chi connectivity index (χ0) is 32.5. The Bertz CT molecular complexity index is 2080. The average Bonchev–Trinajstić information content (AvgIpc) is 3.52. The second-order valence-corrected chi connectivity index (χ2v) is 12.6. The van der Waals surface area contributed by atoms with Crippen molar-refractivity contribution in [3.05, 3.63) is 86.2 Å². The predicted molar refractivity (Wildman–Crippen MR) is 158 cm³/mol. The number of fused-ring (bicyclic) bond motifs is 5. The standard InChI is InChI=1S/C29H28N5O11P/c1-2-29(45-46(40,41)43-13-20-23(35)24(36)26(44-20)33-8-7-21(30)32-28(33)39)17-10-19-22-15(9-14-5-3-4-6-18(14)31-22)11-34(19)25(37)16(17)12-42-27(29)38/h3-10,20,23-24,26,35-36H,2,11-13H2,1H3,(H,40,41)(H2,30,32,39)/t20-,23-,24-,26-,29+/m1/s1. The van der Waals surface area contributed by atoms with Crippen molar-refractivity contribution < 1.29 is 43.0 Å². The molecule has 0 radical (unpaired) electrons. The number of para-hydroxylation sites is 1. The highest BCUT2D eigenvalue weighted by Gasteiger charge is 2.53. The predicted octanol–water partition coefficient (Wildman–Crippen LogP) is 0.679. The van der Waals surface area contributed by atoms with Gasteiger partial charge < -0.3 is 34.9 Å². The molecule has 6 atom stereocenters. The number of phosphoric acid groups is 1. The number of hydrogen-bond acceptors (Lipinski definition) is 13. The number of nitrogens with zero attached hydrogens (tertiary/aromatic N) is 4. The summed E-state index contributed by atoms with van der Waals surface area (Å²) in [6.45, 7) is 0.587. The van der Waals surface area contributed by atoms with Crippen molar-refractivity contribution in [1.29, 1.82) is 0 Å². The lowest BCUT2D eigenvalue weighted by molar-refractivity contribution is -0.171. The summed E-state index contributed by atoms with van der Waals surface area (Å²) in [4.78, 5) is 58.4. The molecule has 0 spiro atoms. The van der Waals surface area contributed by atoms with Crippen molar-refractivity contribution >= 4 is 30.5 Å². The minimum atomic E-state index is -5.17. The van der Waals surface area contributed by atoms with E-state index in [1.165, 1.54) is 23.8 Å². The summed E-state index contributed by atoms with van der Waals surface area (Å²) < 4.78 is 37.4. The molecule has 7 rings (SSSR count). The number of aliphatic hydroxyl groups is 2. The summed E-state index contributed by atoms with van der Waals surface area (Å²) in [5.41, 5.74) is 4.51. The number of rotatable bonds is 7. The van der Waals surface area contributed by atoms with Gasteiger partial charge in [-0.15, -0.1) is 0 Å². The van der Waals surface area contributed by atoms with Crippen LogP contribution in [0, 0.1) is 0 Å². The highest BCUT2D eigenvalue weighted by molar-refractivity contribution is 7.47. The maximum absolute atomic E-state index is 13.7. The van der Waals surface area contributed by atoms with Crippen LogP contribution in [0.4, 0.5) is 5.82 Å². The van der Waals surface area contributed by atoms with Gasteiger partial charge in [0.1, 0.15) is 30.7 Å². The maximum Gasteiger partial charge on any atom is 0.473 e. The molecule has 3 aliphatic rings. The van der Waals surface area contributed by atoms with E-state index in [0.29, 0.717) is 16.9 Å². The van der Waals surface area contributed by atoms with Gasteiger partial charge in [-0.05, 0) is 30.7 Å². The molecule has 1 unspecified atom stereocenters. The number of ether oxygens (including phenoxy) is 2. The Labute approximate surface area is 259 Å². The summed E-state index contributed by atoms with van der Waals surface area (Å²) in [5.74, 6) is -1.07. The van der Waals surface area contributed by atoms with Crippen LogP contribution < -0.4 is 17.0 Å². The summed E-state index contributed by atoms with van der Waals surface area (Å²) in [7, 11) is -5.17. The molecular formula is C29H28N5O11P. The molecule has 0 saturated carbocycles. The number of carbonyl (C=O) groups is 1. The molecular weight excluding hydrogens is 625 g/mol. The number of aromatic nitrogens is 4. The van der Waals surface area contributed by atoms with Crippen molar-refractivity contribution in [2.24, 2.45) is 0 Å². The summed E-state index contributed by atoms with van der Waals surface area (Å²) >= 11 is 0. The fraction of sp³-hybridized carbons (Fsp3) is 0.345. The Hall–Kier alpha value is -4.28. The summed E-state index contributed by atoms with van der Waals surface area (Å²) in [6, 6.07) is 12.2. The van der Waals surface area contributed by atoms with Gasteiger partial charge in [0.2, 0.25) is 5.60 Å². The van der Waals surface area contributed by atoms with Crippen molar-refractivity contribution in [2.45, 2.75) is 56.6 Å². The van der Waals surface area contributed by atoms with Gasteiger partial charge in [-0.1, -0.05) is 25.1 Å². The molecule has 17 heteroatoms. The molecule has 1 aromatic carbocycles. The highest BCUT2D eigenvalue weighted by atomic mass is 31.2. The van der Waals surface area contributed by atoms with Crippen LogP contribution in [-0.2, 0) is 46.6 Å². The molecule has 6 heterocycles. The molecule has 5 N–H and O–H groups in total. The molecule has 240 valence electrons. The van der Waals surface area contributed by atoms with Gasteiger partial charge in [-0.25, -0.2) is 19.1 Å². The van der Waals surface area contributed by atoms with Crippen LogP contribution in [0.2, 0.25) is 0 Å². The fourth-order valence-corrected chi connectivity index (χ4v) is 7.26. The van der Waals surface area contributed by atoms with Crippen molar-refractivity contribution in [3.63, 3.8) is 0 Å². The minimum Gasteiger partial charge on any atom is -0.458 e. The van der Waals surface area contributed by atoms with Crippen molar-refractivity contribution in [1.82, 2.24) is 19.1 Å². The first-order valence-corrected chi connectivity index (χ1v) is 15.8. The van der Waals surface area contributed by atoms with E-state index in [2.05, 4.69) is 4.98 Å². The second kappa shape index (κ2) is 10.9. The van der Waals surface area contributed by atoms with Crippen LogP contribution in [0.3, 0.4) is 0 Å². The molecule has 46 heavy (non-hydrogen) atoms. The Morgan fingerprint density at radius 2 is 1.91 bits per heavy atom. The SMILES string of the molecule is CC[C@@]1(OP(=O)(O)OC[C@H]2O[C@@H](n3ccc(N)nc3=O)[C@H](O)[C@@H]2O)C(=O)OCc2c1cc1n(c2=O)Cc2cc3ccccc3nc2-1. The minimum absolute atomic E-state index is 0.0473. The van der Waals surface area contributed by atoms with E-state index >= 15 is 0 Å². The third-order valence-electron chi connectivity index (χ3n) is 8.52. The van der Waals surface area contributed by atoms with Crippen molar-refractivity contribution in [2.75, 3.05) is 12.3 Å². The van der Waals surface area contributed by atoms with Gasteiger partial charge >= 0.3 is 19.5 Å².